The van der Waals surface area contributed by atoms with E-state index in [4.69, 9.17) is 8.92 Å². The molecule has 0 bridgehead atoms. The molecule has 0 N–H and O–H groups in total. The smallest absolute Gasteiger partial charge is 0.339 e. The Hall–Kier alpha value is -1.85. The minimum absolute atomic E-state index is 0.196. The van der Waals surface area contributed by atoms with E-state index >= 15 is 0 Å². The van der Waals surface area contributed by atoms with Gasteiger partial charge in [0.25, 0.3) is 0 Å². The van der Waals surface area contributed by atoms with E-state index in [-0.39, 0.29) is 4.90 Å². The molecule has 22 heavy (non-hydrogen) atoms. The second-order valence-corrected chi connectivity index (χ2v) is 6.71. The molecule has 0 aliphatic rings. The van der Waals surface area contributed by atoms with Crippen molar-refractivity contribution in [3.8, 4) is 5.75 Å². The Bertz CT molecular complexity index is 734. The quantitative estimate of drug-likeness (QED) is 0.767. The highest BCUT2D eigenvalue weighted by atomic mass is 32.2. The molecule has 0 amide bonds. The van der Waals surface area contributed by atoms with Crippen molar-refractivity contribution < 1.29 is 17.3 Å². The lowest BCUT2D eigenvalue weighted by Crippen LogP contribution is -2.11. The van der Waals surface area contributed by atoms with Gasteiger partial charge in [-0.1, -0.05) is 29.8 Å². The first-order valence-corrected chi connectivity index (χ1v) is 8.43. The van der Waals surface area contributed by atoms with Gasteiger partial charge in [-0.2, -0.15) is 8.42 Å². The largest absolute Gasteiger partial charge is 0.384 e. The van der Waals surface area contributed by atoms with Crippen LogP contribution in [0.3, 0.4) is 0 Å². The highest BCUT2D eigenvalue weighted by molar-refractivity contribution is 7.87. The van der Waals surface area contributed by atoms with Crippen molar-refractivity contribution in [3.63, 3.8) is 0 Å². The molecule has 0 atom stereocenters. The molecule has 0 aliphatic carbocycles. The summed E-state index contributed by atoms with van der Waals surface area (Å²) in [6.45, 7) is 4.31. The molecule has 0 fully saturated rings. The molecule has 0 saturated heterocycles. The summed E-state index contributed by atoms with van der Waals surface area (Å²) < 4.78 is 34.9. The monoisotopic (exact) mass is 320 g/mol. The van der Waals surface area contributed by atoms with Crippen molar-refractivity contribution >= 4 is 10.1 Å². The van der Waals surface area contributed by atoms with Crippen LogP contribution in [-0.2, 0) is 21.3 Å². The fourth-order valence-corrected chi connectivity index (χ4v) is 3.33. The van der Waals surface area contributed by atoms with Crippen molar-refractivity contribution in [1.82, 2.24) is 0 Å². The molecule has 2 rings (SSSR count). The third-order valence-corrected chi connectivity index (χ3v) is 4.73. The fourth-order valence-electron chi connectivity index (χ4n) is 2.18. The lowest BCUT2D eigenvalue weighted by molar-refractivity contribution is 0.202. The normalized spacial score (nSPS) is 11.4. The number of rotatable bonds is 6. The molecule has 2 aromatic carbocycles. The van der Waals surface area contributed by atoms with E-state index in [2.05, 4.69) is 0 Å². The van der Waals surface area contributed by atoms with Gasteiger partial charge in [0.2, 0.25) is 0 Å². The van der Waals surface area contributed by atoms with E-state index in [0.29, 0.717) is 17.9 Å². The summed E-state index contributed by atoms with van der Waals surface area (Å²) >= 11 is 0. The highest BCUT2D eigenvalue weighted by Crippen LogP contribution is 2.22. The second kappa shape index (κ2) is 6.94. The average molecular weight is 320 g/mol. The number of ether oxygens (including phenoxy) is 1. The SMILES string of the molecule is COCCc1ccc(OS(=O)(=O)c2ccc(C)cc2C)cc1. The van der Waals surface area contributed by atoms with E-state index in [1.807, 2.05) is 25.1 Å². The van der Waals surface area contributed by atoms with Crippen LogP contribution in [0.5, 0.6) is 5.75 Å². The second-order valence-electron chi connectivity index (χ2n) is 5.19. The molecule has 0 spiro atoms. The van der Waals surface area contributed by atoms with E-state index in [1.165, 1.54) is 0 Å². The minimum Gasteiger partial charge on any atom is -0.384 e. The molecule has 5 heteroatoms. The molecular formula is C17H20O4S. The summed E-state index contributed by atoms with van der Waals surface area (Å²) in [5.41, 5.74) is 2.76. The molecule has 2 aromatic rings. The third-order valence-electron chi connectivity index (χ3n) is 3.32. The molecule has 0 aromatic heterocycles. The van der Waals surface area contributed by atoms with Gasteiger partial charge in [0.1, 0.15) is 10.6 Å². The standard InChI is InChI=1S/C17H20O4S/c1-13-4-9-17(14(2)12-13)22(18,19)21-16-7-5-15(6-8-16)10-11-20-3/h4-9,12H,10-11H2,1-3H3. The number of hydrogen-bond donors (Lipinski definition) is 0. The van der Waals surface area contributed by atoms with Crippen LogP contribution in [0.25, 0.3) is 0 Å². The maximum absolute atomic E-state index is 12.3. The van der Waals surface area contributed by atoms with Crippen molar-refractivity contribution in [3.05, 3.63) is 59.2 Å². The first kappa shape index (κ1) is 16.5. The van der Waals surface area contributed by atoms with Gasteiger partial charge in [-0.25, -0.2) is 0 Å². The Labute approximate surface area is 131 Å². The van der Waals surface area contributed by atoms with Crippen LogP contribution < -0.4 is 4.18 Å². The summed E-state index contributed by atoms with van der Waals surface area (Å²) in [7, 11) is -2.17. The zero-order valence-corrected chi connectivity index (χ0v) is 13.8. The Morgan fingerprint density at radius 1 is 1.00 bits per heavy atom. The predicted molar refractivity (Wildman–Crippen MR) is 85.8 cm³/mol. The first-order chi connectivity index (χ1) is 10.4. The van der Waals surface area contributed by atoms with Gasteiger partial charge in [0.15, 0.2) is 0 Å². The maximum Gasteiger partial charge on any atom is 0.339 e. The molecule has 0 aliphatic heterocycles. The molecule has 4 nitrogen and oxygen atoms in total. The lowest BCUT2D eigenvalue weighted by atomic mass is 10.1. The Morgan fingerprint density at radius 3 is 2.27 bits per heavy atom. The van der Waals surface area contributed by atoms with Gasteiger partial charge >= 0.3 is 10.1 Å². The molecular weight excluding hydrogens is 300 g/mol. The number of aryl methyl sites for hydroxylation is 2. The van der Waals surface area contributed by atoms with Crippen LogP contribution in [0, 0.1) is 13.8 Å². The van der Waals surface area contributed by atoms with Gasteiger partial charge in [0.05, 0.1) is 6.61 Å². The molecule has 118 valence electrons. The first-order valence-electron chi connectivity index (χ1n) is 7.02. The summed E-state index contributed by atoms with van der Waals surface area (Å²) in [5, 5.41) is 0. The van der Waals surface area contributed by atoms with Crippen LogP contribution >= 0.6 is 0 Å². The maximum atomic E-state index is 12.3. The van der Waals surface area contributed by atoms with Crippen molar-refractivity contribution in [2.45, 2.75) is 25.2 Å². The highest BCUT2D eigenvalue weighted by Gasteiger charge is 2.19. The van der Waals surface area contributed by atoms with Crippen LogP contribution in [0.4, 0.5) is 0 Å². The van der Waals surface area contributed by atoms with Crippen molar-refractivity contribution in [1.29, 1.82) is 0 Å². The fraction of sp³-hybridized carbons (Fsp3) is 0.294. The van der Waals surface area contributed by atoms with Gasteiger partial charge in [-0.3, -0.25) is 0 Å². The molecule has 0 heterocycles. The van der Waals surface area contributed by atoms with Gasteiger partial charge in [0, 0.05) is 7.11 Å². The van der Waals surface area contributed by atoms with Crippen LogP contribution in [0.15, 0.2) is 47.4 Å². The molecule has 0 unspecified atom stereocenters. The molecule has 0 saturated carbocycles. The van der Waals surface area contributed by atoms with Crippen LogP contribution in [0.1, 0.15) is 16.7 Å². The number of methoxy groups -OCH3 is 1. The summed E-state index contributed by atoms with van der Waals surface area (Å²) in [6, 6.07) is 12.2. The average Bonchev–Trinajstić information content (AvgIpc) is 2.45. The van der Waals surface area contributed by atoms with Crippen molar-refractivity contribution in [2.24, 2.45) is 0 Å². The summed E-state index contributed by atoms with van der Waals surface area (Å²) in [5.74, 6) is 0.307. The van der Waals surface area contributed by atoms with Gasteiger partial charge < -0.3 is 8.92 Å². The number of benzene rings is 2. The Balaban J connectivity index is 2.18. The van der Waals surface area contributed by atoms with E-state index in [0.717, 1.165) is 17.5 Å². The van der Waals surface area contributed by atoms with E-state index in [1.54, 1.807) is 38.3 Å². The number of hydrogen-bond acceptors (Lipinski definition) is 4. The third kappa shape index (κ3) is 4.08. The Morgan fingerprint density at radius 2 is 1.68 bits per heavy atom. The van der Waals surface area contributed by atoms with Crippen molar-refractivity contribution in [2.75, 3.05) is 13.7 Å². The lowest BCUT2D eigenvalue weighted by Gasteiger charge is -2.10. The zero-order valence-electron chi connectivity index (χ0n) is 13.0. The van der Waals surface area contributed by atoms with Gasteiger partial charge in [-0.15, -0.1) is 0 Å². The van der Waals surface area contributed by atoms with E-state index in [9.17, 15) is 8.42 Å². The predicted octanol–water partition coefficient (Wildman–Crippen LogP) is 3.26. The summed E-state index contributed by atoms with van der Waals surface area (Å²) in [4.78, 5) is 0.196. The minimum atomic E-state index is -3.82. The summed E-state index contributed by atoms with van der Waals surface area (Å²) in [6.07, 6.45) is 0.778. The van der Waals surface area contributed by atoms with Gasteiger partial charge in [-0.05, 0) is 49.6 Å². The van der Waals surface area contributed by atoms with Crippen LogP contribution in [0.2, 0.25) is 0 Å². The topological polar surface area (TPSA) is 52.6 Å². The van der Waals surface area contributed by atoms with Crippen LogP contribution in [-0.4, -0.2) is 22.1 Å². The Kier molecular flexibility index (Phi) is 5.21. The zero-order chi connectivity index (χ0) is 16.2. The van der Waals surface area contributed by atoms with E-state index < -0.39 is 10.1 Å². The molecule has 0 radical (unpaired) electrons.